The van der Waals surface area contributed by atoms with Crippen LogP contribution in [-0.4, -0.2) is 30.3 Å². The van der Waals surface area contributed by atoms with Crippen molar-refractivity contribution in [1.82, 2.24) is 10.1 Å². The van der Waals surface area contributed by atoms with Gasteiger partial charge < -0.3 is 18.7 Å². The summed E-state index contributed by atoms with van der Waals surface area (Å²) in [6, 6.07) is 14.6. The summed E-state index contributed by atoms with van der Waals surface area (Å²) < 4.78 is 20.9. The van der Waals surface area contributed by atoms with E-state index in [2.05, 4.69) is 10.1 Å². The zero-order valence-electron chi connectivity index (χ0n) is 14.5. The number of hydrogen-bond acceptors (Lipinski definition) is 7. The van der Waals surface area contributed by atoms with Crippen LogP contribution in [0.25, 0.3) is 11.4 Å². The number of nitrogens with zero attached hydrogens (tertiary/aromatic N) is 2. The lowest BCUT2D eigenvalue weighted by atomic mass is 10.1. The molecule has 26 heavy (non-hydrogen) atoms. The fourth-order valence-electron chi connectivity index (χ4n) is 2.45. The zero-order chi connectivity index (χ0) is 18.4. The predicted molar refractivity (Wildman–Crippen MR) is 92.8 cm³/mol. The largest absolute Gasteiger partial charge is 0.496 e. The van der Waals surface area contributed by atoms with Crippen LogP contribution < -0.4 is 9.47 Å². The maximum absolute atomic E-state index is 12.0. The van der Waals surface area contributed by atoms with Crippen molar-refractivity contribution < 1.29 is 23.5 Å². The fourth-order valence-corrected chi connectivity index (χ4v) is 2.45. The van der Waals surface area contributed by atoms with E-state index in [0.29, 0.717) is 22.9 Å². The van der Waals surface area contributed by atoms with Gasteiger partial charge in [-0.25, -0.2) is 0 Å². The number of esters is 1. The molecule has 0 aliphatic carbocycles. The highest BCUT2D eigenvalue weighted by atomic mass is 16.6. The summed E-state index contributed by atoms with van der Waals surface area (Å²) in [7, 11) is 3.13. The maximum Gasteiger partial charge on any atom is 0.310 e. The topological polar surface area (TPSA) is 83.7 Å². The first-order valence-corrected chi connectivity index (χ1v) is 7.94. The van der Waals surface area contributed by atoms with E-state index in [4.69, 9.17) is 18.7 Å². The standard InChI is InChI=1S/C19H18N2O5/c1-23-15-9-5-3-7-13(15)11-18(22)25-12-17-20-19(21-26-17)14-8-4-6-10-16(14)24-2/h3-10H,11-12H2,1-2H3. The van der Waals surface area contributed by atoms with E-state index in [1.54, 1.807) is 26.4 Å². The highest BCUT2D eigenvalue weighted by Crippen LogP contribution is 2.27. The van der Waals surface area contributed by atoms with Crippen molar-refractivity contribution in [2.45, 2.75) is 13.0 Å². The molecule has 1 heterocycles. The normalized spacial score (nSPS) is 10.4. The lowest BCUT2D eigenvalue weighted by molar-refractivity contribution is -0.144. The van der Waals surface area contributed by atoms with E-state index in [9.17, 15) is 4.79 Å². The Morgan fingerprint density at radius 2 is 1.69 bits per heavy atom. The van der Waals surface area contributed by atoms with Gasteiger partial charge >= 0.3 is 5.97 Å². The Balaban J connectivity index is 1.62. The summed E-state index contributed by atoms with van der Waals surface area (Å²) in [6.07, 6.45) is 0.0948. The number of carbonyl (C=O) groups excluding carboxylic acids is 1. The van der Waals surface area contributed by atoms with Crippen molar-refractivity contribution in [3.63, 3.8) is 0 Å². The summed E-state index contributed by atoms with van der Waals surface area (Å²) in [5.41, 5.74) is 1.45. The van der Waals surface area contributed by atoms with Gasteiger partial charge in [-0.05, 0) is 18.2 Å². The van der Waals surface area contributed by atoms with Gasteiger partial charge in [-0.1, -0.05) is 35.5 Å². The average molecular weight is 354 g/mol. The molecule has 134 valence electrons. The molecule has 0 unspecified atom stereocenters. The first kappa shape index (κ1) is 17.5. The van der Waals surface area contributed by atoms with Gasteiger partial charge in [0.2, 0.25) is 5.82 Å². The second kappa shape index (κ2) is 8.15. The smallest absolute Gasteiger partial charge is 0.310 e. The van der Waals surface area contributed by atoms with E-state index in [1.807, 2.05) is 36.4 Å². The summed E-state index contributed by atoms with van der Waals surface area (Å²) in [6.45, 7) is -0.101. The minimum absolute atomic E-state index is 0.0948. The van der Waals surface area contributed by atoms with Crippen LogP contribution in [-0.2, 0) is 22.6 Å². The van der Waals surface area contributed by atoms with Crippen LogP contribution in [0.1, 0.15) is 11.5 Å². The molecule has 0 bridgehead atoms. The number of hydrogen-bond donors (Lipinski definition) is 0. The van der Waals surface area contributed by atoms with Crippen LogP contribution >= 0.6 is 0 Å². The van der Waals surface area contributed by atoms with Crippen molar-refractivity contribution in [1.29, 1.82) is 0 Å². The summed E-state index contributed by atoms with van der Waals surface area (Å²) >= 11 is 0. The molecule has 0 aliphatic rings. The number of carbonyl (C=O) groups is 1. The molecule has 0 saturated carbocycles. The van der Waals surface area contributed by atoms with Crippen LogP contribution in [0.5, 0.6) is 11.5 Å². The van der Waals surface area contributed by atoms with Gasteiger partial charge in [0.25, 0.3) is 5.89 Å². The summed E-state index contributed by atoms with van der Waals surface area (Å²) in [4.78, 5) is 16.3. The van der Waals surface area contributed by atoms with E-state index >= 15 is 0 Å². The van der Waals surface area contributed by atoms with Gasteiger partial charge in [0, 0.05) is 5.56 Å². The second-order valence-electron chi connectivity index (χ2n) is 5.36. The molecule has 0 radical (unpaired) electrons. The monoisotopic (exact) mass is 354 g/mol. The fraction of sp³-hybridized carbons (Fsp3) is 0.211. The van der Waals surface area contributed by atoms with Crippen molar-refractivity contribution in [3.05, 3.63) is 60.0 Å². The maximum atomic E-state index is 12.0. The zero-order valence-corrected chi connectivity index (χ0v) is 14.5. The molecular weight excluding hydrogens is 336 g/mol. The molecule has 3 aromatic rings. The Morgan fingerprint density at radius 3 is 2.46 bits per heavy atom. The van der Waals surface area contributed by atoms with Gasteiger partial charge in [-0.2, -0.15) is 4.98 Å². The molecule has 0 N–H and O–H groups in total. The van der Waals surface area contributed by atoms with E-state index < -0.39 is 5.97 Å². The Morgan fingerprint density at radius 1 is 1.00 bits per heavy atom. The number of aromatic nitrogens is 2. The van der Waals surface area contributed by atoms with Crippen LogP contribution in [0.15, 0.2) is 53.1 Å². The lowest BCUT2D eigenvalue weighted by Gasteiger charge is -2.07. The third kappa shape index (κ3) is 4.00. The molecular formula is C19H18N2O5. The Labute approximate surface area is 150 Å². The molecule has 0 atom stereocenters. The Bertz CT molecular complexity index is 891. The molecule has 7 heteroatoms. The van der Waals surface area contributed by atoms with Crippen LogP contribution in [0.4, 0.5) is 0 Å². The molecule has 0 saturated heterocycles. The second-order valence-corrected chi connectivity index (χ2v) is 5.36. The Hall–Kier alpha value is -3.35. The van der Waals surface area contributed by atoms with Gasteiger partial charge in [0.1, 0.15) is 11.5 Å². The SMILES string of the molecule is COc1ccccc1CC(=O)OCc1nc(-c2ccccc2OC)no1. The minimum atomic E-state index is -0.411. The Kier molecular flexibility index (Phi) is 5.48. The minimum Gasteiger partial charge on any atom is -0.496 e. The third-order valence-electron chi connectivity index (χ3n) is 3.70. The quantitative estimate of drug-likeness (QED) is 0.603. The number of benzene rings is 2. The average Bonchev–Trinajstić information content (AvgIpc) is 3.15. The van der Waals surface area contributed by atoms with Gasteiger partial charge in [0.15, 0.2) is 6.61 Å². The highest BCUT2D eigenvalue weighted by molar-refractivity contribution is 5.73. The van der Waals surface area contributed by atoms with Gasteiger partial charge in [0.05, 0.1) is 26.2 Å². The molecule has 0 amide bonds. The molecule has 1 aromatic heterocycles. The van der Waals surface area contributed by atoms with Gasteiger partial charge in [-0.3, -0.25) is 4.79 Å². The van der Waals surface area contributed by atoms with Crippen molar-refractivity contribution in [2.75, 3.05) is 14.2 Å². The highest BCUT2D eigenvalue weighted by Gasteiger charge is 2.15. The number of methoxy groups -OCH3 is 2. The molecule has 3 rings (SSSR count). The molecule has 0 aliphatic heterocycles. The predicted octanol–water partition coefficient (Wildman–Crippen LogP) is 3.04. The van der Waals surface area contributed by atoms with E-state index in [1.165, 1.54) is 0 Å². The van der Waals surface area contributed by atoms with E-state index in [0.717, 1.165) is 5.56 Å². The first-order chi connectivity index (χ1) is 12.7. The molecule has 0 fully saturated rings. The molecule has 2 aromatic carbocycles. The van der Waals surface area contributed by atoms with Crippen molar-refractivity contribution in [2.24, 2.45) is 0 Å². The third-order valence-corrected chi connectivity index (χ3v) is 3.70. The van der Waals surface area contributed by atoms with Crippen LogP contribution in [0.2, 0.25) is 0 Å². The van der Waals surface area contributed by atoms with Crippen LogP contribution in [0.3, 0.4) is 0 Å². The van der Waals surface area contributed by atoms with Gasteiger partial charge in [-0.15, -0.1) is 0 Å². The number of para-hydroxylation sites is 2. The van der Waals surface area contributed by atoms with Crippen molar-refractivity contribution in [3.8, 4) is 22.9 Å². The molecule has 0 spiro atoms. The van der Waals surface area contributed by atoms with Crippen molar-refractivity contribution >= 4 is 5.97 Å². The summed E-state index contributed by atoms with van der Waals surface area (Å²) in [5, 5.41) is 3.91. The number of rotatable bonds is 7. The van der Waals surface area contributed by atoms with Crippen LogP contribution in [0, 0.1) is 0 Å². The summed E-state index contributed by atoms with van der Waals surface area (Å²) in [5.74, 6) is 1.44. The molecule has 7 nitrogen and oxygen atoms in total. The first-order valence-electron chi connectivity index (χ1n) is 7.94. The lowest BCUT2D eigenvalue weighted by Crippen LogP contribution is -2.09. The van der Waals surface area contributed by atoms with E-state index in [-0.39, 0.29) is 18.9 Å². The number of ether oxygens (including phenoxy) is 3.